The summed E-state index contributed by atoms with van der Waals surface area (Å²) < 4.78 is 24.1. The Morgan fingerprint density at radius 3 is 2.62 bits per heavy atom. The van der Waals surface area contributed by atoms with E-state index in [1.165, 1.54) is 0 Å². The van der Waals surface area contributed by atoms with Crippen molar-refractivity contribution in [3.63, 3.8) is 0 Å². The second kappa shape index (κ2) is 3.66. The SMILES string of the molecule is O=C(O)c1nc(C(F)F)ccc1Cl. The molecule has 0 fully saturated rings. The van der Waals surface area contributed by atoms with Crippen molar-refractivity contribution in [1.29, 1.82) is 0 Å². The molecule has 0 radical (unpaired) electrons. The molecule has 1 rings (SSSR count). The Bertz CT molecular complexity index is 343. The summed E-state index contributed by atoms with van der Waals surface area (Å²) in [5.74, 6) is -1.42. The highest BCUT2D eigenvalue weighted by Gasteiger charge is 2.15. The summed E-state index contributed by atoms with van der Waals surface area (Å²) in [7, 11) is 0. The zero-order valence-corrected chi connectivity index (χ0v) is 6.92. The molecule has 0 bridgehead atoms. The second-order valence-corrected chi connectivity index (χ2v) is 2.58. The molecule has 0 aliphatic heterocycles. The first kappa shape index (κ1) is 9.85. The molecule has 1 N–H and O–H groups in total. The number of aromatic nitrogens is 1. The van der Waals surface area contributed by atoms with Gasteiger partial charge in [0.25, 0.3) is 6.43 Å². The Labute approximate surface area is 77.0 Å². The molecule has 0 atom stereocenters. The number of hydrogen-bond donors (Lipinski definition) is 1. The fourth-order valence-corrected chi connectivity index (χ4v) is 0.915. The number of carbonyl (C=O) groups is 1. The smallest absolute Gasteiger partial charge is 0.356 e. The minimum atomic E-state index is -2.80. The standard InChI is InChI=1S/C7H4ClF2NO2/c8-3-1-2-4(6(9)10)11-5(3)7(12)13/h1-2,6H,(H,12,13). The van der Waals surface area contributed by atoms with Gasteiger partial charge in [-0.25, -0.2) is 18.6 Å². The molecule has 6 heteroatoms. The van der Waals surface area contributed by atoms with Gasteiger partial charge in [0.15, 0.2) is 5.69 Å². The van der Waals surface area contributed by atoms with Crippen LogP contribution in [0, 0.1) is 0 Å². The summed E-state index contributed by atoms with van der Waals surface area (Å²) in [5, 5.41) is 8.32. The van der Waals surface area contributed by atoms with Crippen LogP contribution in [0.15, 0.2) is 12.1 Å². The molecule has 0 saturated carbocycles. The number of rotatable bonds is 2. The maximum atomic E-state index is 12.0. The largest absolute Gasteiger partial charge is 0.476 e. The van der Waals surface area contributed by atoms with Gasteiger partial charge in [0.2, 0.25) is 0 Å². The number of halogens is 3. The van der Waals surface area contributed by atoms with Crippen molar-refractivity contribution in [2.75, 3.05) is 0 Å². The predicted molar refractivity (Wildman–Crippen MR) is 41.2 cm³/mol. The first-order valence-electron chi connectivity index (χ1n) is 3.20. The number of hydrogen-bond acceptors (Lipinski definition) is 2. The highest BCUT2D eigenvalue weighted by Crippen LogP contribution is 2.20. The summed E-state index contributed by atoms with van der Waals surface area (Å²) in [6, 6.07) is 2.07. The summed E-state index contributed by atoms with van der Waals surface area (Å²) in [4.78, 5) is 13.6. The van der Waals surface area contributed by atoms with Gasteiger partial charge < -0.3 is 5.11 Å². The third-order valence-electron chi connectivity index (χ3n) is 1.29. The van der Waals surface area contributed by atoms with Gasteiger partial charge in [-0.05, 0) is 12.1 Å². The third kappa shape index (κ3) is 2.12. The summed E-state index contributed by atoms with van der Waals surface area (Å²) in [6.45, 7) is 0. The molecule has 0 spiro atoms. The van der Waals surface area contributed by atoms with E-state index in [9.17, 15) is 13.6 Å². The lowest BCUT2D eigenvalue weighted by Gasteiger charge is -2.01. The maximum absolute atomic E-state index is 12.0. The zero-order valence-electron chi connectivity index (χ0n) is 6.17. The molecule has 3 nitrogen and oxygen atoms in total. The van der Waals surface area contributed by atoms with Crippen LogP contribution in [0.25, 0.3) is 0 Å². The molecule has 0 aromatic carbocycles. The molecule has 0 aliphatic rings. The highest BCUT2D eigenvalue weighted by molar-refractivity contribution is 6.33. The van der Waals surface area contributed by atoms with E-state index in [4.69, 9.17) is 16.7 Å². The normalized spacial score (nSPS) is 10.5. The van der Waals surface area contributed by atoms with E-state index in [-0.39, 0.29) is 5.02 Å². The van der Waals surface area contributed by atoms with Crippen molar-refractivity contribution in [3.05, 3.63) is 28.5 Å². The van der Waals surface area contributed by atoms with Crippen molar-refractivity contribution in [3.8, 4) is 0 Å². The molecular weight excluding hydrogens is 204 g/mol. The minimum Gasteiger partial charge on any atom is -0.476 e. The van der Waals surface area contributed by atoms with Crippen LogP contribution in [-0.2, 0) is 0 Å². The molecule has 1 heterocycles. The minimum absolute atomic E-state index is 0.156. The first-order chi connectivity index (χ1) is 6.02. The fourth-order valence-electron chi connectivity index (χ4n) is 0.729. The van der Waals surface area contributed by atoms with Gasteiger partial charge in [0.05, 0.1) is 5.02 Å². The van der Waals surface area contributed by atoms with Gasteiger partial charge in [-0.3, -0.25) is 0 Å². The first-order valence-corrected chi connectivity index (χ1v) is 3.58. The van der Waals surface area contributed by atoms with Crippen LogP contribution in [0.1, 0.15) is 22.6 Å². The van der Waals surface area contributed by atoms with Gasteiger partial charge in [-0.1, -0.05) is 11.6 Å². The molecule has 0 aliphatic carbocycles. The average Bonchev–Trinajstić information content (AvgIpc) is 2.04. The van der Waals surface area contributed by atoms with E-state index >= 15 is 0 Å². The Morgan fingerprint density at radius 1 is 1.54 bits per heavy atom. The summed E-state index contributed by atoms with van der Waals surface area (Å²) >= 11 is 5.41. The number of aromatic carboxylic acids is 1. The van der Waals surface area contributed by atoms with E-state index in [1.54, 1.807) is 0 Å². The number of nitrogens with zero attached hydrogens (tertiary/aromatic N) is 1. The number of carboxylic acids is 1. The fraction of sp³-hybridized carbons (Fsp3) is 0.143. The molecule has 0 unspecified atom stereocenters. The molecule has 0 amide bonds. The van der Waals surface area contributed by atoms with Gasteiger partial charge in [-0.2, -0.15) is 0 Å². The predicted octanol–water partition coefficient (Wildman–Crippen LogP) is 2.37. The van der Waals surface area contributed by atoms with Gasteiger partial charge in [0.1, 0.15) is 5.69 Å². The van der Waals surface area contributed by atoms with Crippen LogP contribution in [0.2, 0.25) is 5.02 Å². The molecule has 0 saturated heterocycles. The van der Waals surface area contributed by atoms with E-state index in [2.05, 4.69) is 4.98 Å². The highest BCUT2D eigenvalue weighted by atomic mass is 35.5. The van der Waals surface area contributed by atoms with Gasteiger partial charge in [0, 0.05) is 0 Å². The van der Waals surface area contributed by atoms with Crippen molar-refractivity contribution < 1.29 is 18.7 Å². The molecular formula is C7H4ClF2NO2. The van der Waals surface area contributed by atoms with Crippen LogP contribution in [0.4, 0.5) is 8.78 Å². The number of carboxylic acid groups (broad SMARTS) is 1. The third-order valence-corrected chi connectivity index (χ3v) is 1.60. The van der Waals surface area contributed by atoms with Gasteiger partial charge >= 0.3 is 5.97 Å². The Kier molecular flexibility index (Phi) is 2.77. The van der Waals surface area contributed by atoms with Crippen LogP contribution in [0.3, 0.4) is 0 Å². The molecule has 13 heavy (non-hydrogen) atoms. The van der Waals surface area contributed by atoms with E-state index in [0.717, 1.165) is 12.1 Å². The molecule has 1 aromatic heterocycles. The summed E-state index contributed by atoms with van der Waals surface area (Å²) in [6.07, 6.45) is -2.80. The lowest BCUT2D eigenvalue weighted by atomic mass is 10.3. The zero-order chi connectivity index (χ0) is 10.0. The van der Waals surface area contributed by atoms with Crippen LogP contribution in [-0.4, -0.2) is 16.1 Å². The van der Waals surface area contributed by atoms with E-state index < -0.39 is 23.8 Å². The van der Waals surface area contributed by atoms with Crippen molar-refractivity contribution in [1.82, 2.24) is 4.98 Å². The van der Waals surface area contributed by atoms with E-state index in [1.807, 2.05) is 0 Å². The average molecular weight is 208 g/mol. The number of alkyl halides is 2. The van der Waals surface area contributed by atoms with Crippen LogP contribution >= 0.6 is 11.6 Å². The topological polar surface area (TPSA) is 50.2 Å². The molecule has 1 aromatic rings. The lowest BCUT2D eigenvalue weighted by molar-refractivity contribution is 0.0689. The van der Waals surface area contributed by atoms with Crippen molar-refractivity contribution >= 4 is 17.6 Å². The lowest BCUT2D eigenvalue weighted by Crippen LogP contribution is -2.04. The molecule has 70 valence electrons. The Hall–Kier alpha value is -1.23. The Balaban J connectivity index is 3.19. The summed E-state index contributed by atoms with van der Waals surface area (Å²) in [5.41, 5.74) is -1.15. The van der Waals surface area contributed by atoms with Crippen LogP contribution in [0.5, 0.6) is 0 Å². The number of pyridine rings is 1. The monoisotopic (exact) mass is 207 g/mol. The second-order valence-electron chi connectivity index (χ2n) is 2.17. The van der Waals surface area contributed by atoms with Gasteiger partial charge in [-0.15, -0.1) is 0 Å². The van der Waals surface area contributed by atoms with E-state index in [0.29, 0.717) is 0 Å². The maximum Gasteiger partial charge on any atom is 0.356 e. The Morgan fingerprint density at radius 2 is 2.15 bits per heavy atom. The van der Waals surface area contributed by atoms with Crippen molar-refractivity contribution in [2.24, 2.45) is 0 Å². The quantitative estimate of drug-likeness (QED) is 0.810. The van der Waals surface area contributed by atoms with Crippen molar-refractivity contribution in [2.45, 2.75) is 6.43 Å². The van der Waals surface area contributed by atoms with Crippen LogP contribution < -0.4 is 0 Å².